The number of nitrogens with zero attached hydrogens (tertiary/aromatic N) is 3. The number of carboxylic acids is 1. The van der Waals surface area contributed by atoms with Gasteiger partial charge in [-0.25, -0.2) is 14.6 Å². The third kappa shape index (κ3) is 7.84. The molecule has 2 atom stereocenters. The molecule has 4 aromatic rings. The summed E-state index contributed by atoms with van der Waals surface area (Å²) in [6, 6.07) is 28.4. The lowest BCUT2D eigenvalue weighted by molar-refractivity contribution is -0.150. The molecule has 16 heteroatoms. The van der Waals surface area contributed by atoms with E-state index in [0.717, 1.165) is 21.6 Å². The Hall–Kier alpha value is -6.00. The highest BCUT2D eigenvalue weighted by Gasteiger charge is 2.54. The number of thiazole rings is 1. The Morgan fingerprint density at radius 3 is 2.07 bits per heavy atom. The Balaban J connectivity index is 1.31. The number of ether oxygens (including phenoxy) is 2. The summed E-state index contributed by atoms with van der Waals surface area (Å²) in [5, 5.41) is 21.4. The van der Waals surface area contributed by atoms with E-state index in [2.05, 4.69) is 15.8 Å². The topological polar surface area (TPSA) is 186 Å². The van der Waals surface area contributed by atoms with Crippen LogP contribution in [-0.4, -0.2) is 87.4 Å². The van der Waals surface area contributed by atoms with Crippen molar-refractivity contribution in [3.05, 3.63) is 130 Å². The van der Waals surface area contributed by atoms with Gasteiger partial charge in [0.2, 0.25) is 6.61 Å². The predicted molar refractivity (Wildman–Crippen MR) is 200 cm³/mol. The minimum Gasteiger partial charge on any atom is -0.477 e. The van der Waals surface area contributed by atoms with Crippen molar-refractivity contribution >= 4 is 63.7 Å². The van der Waals surface area contributed by atoms with E-state index in [1.807, 2.05) is 91.0 Å². The molecular weight excluding hydrogens is 735 g/mol. The molecule has 0 aliphatic carbocycles. The molecule has 0 bridgehead atoms. The normalized spacial score (nSPS) is 16.8. The Labute approximate surface area is 318 Å². The molecule has 0 saturated carbocycles. The highest BCUT2D eigenvalue weighted by Crippen LogP contribution is 2.42. The van der Waals surface area contributed by atoms with E-state index >= 15 is 0 Å². The van der Waals surface area contributed by atoms with Crippen LogP contribution < -0.4 is 10.6 Å². The second-order valence-corrected chi connectivity index (χ2v) is 13.9. The molecule has 1 unspecified atom stereocenters. The number of thioether (sulfide) groups is 1. The van der Waals surface area contributed by atoms with Gasteiger partial charge >= 0.3 is 17.9 Å². The van der Waals surface area contributed by atoms with Crippen molar-refractivity contribution in [2.24, 2.45) is 5.16 Å². The number of hydrogen-bond donors (Lipinski definition) is 3. The number of esters is 2. The molecule has 14 nitrogen and oxygen atoms in total. The number of carbonyl (C=O) groups is 5. The second-order valence-electron chi connectivity index (χ2n) is 11.9. The van der Waals surface area contributed by atoms with Gasteiger partial charge in [0.25, 0.3) is 11.8 Å². The first kappa shape index (κ1) is 37.7. The van der Waals surface area contributed by atoms with E-state index in [-0.39, 0.29) is 41.6 Å². The van der Waals surface area contributed by atoms with Crippen LogP contribution >= 0.6 is 23.1 Å². The number of carbonyl (C=O) groups excluding carboxylic acids is 4. The van der Waals surface area contributed by atoms with Gasteiger partial charge in [0.05, 0.1) is 6.61 Å². The average Bonchev–Trinajstić information content (AvgIpc) is 3.65. The fourth-order valence-electron chi connectivity index (χ4n) is 6.13. The van der Waals surface area contributed by atoms with Crippen LogP contribution in [0.3, 0.4) is 0 Å². The summed E-state index contributed by atoms with van der Waals surface area (Å²) in [6.45, 7) is 2.07. The quantitative estimate of drug-likeness (QED) is 0.0517. The smallest absolute Gasteiger partial charge is 0.352 e. The molecule has 3 heterocycles. The van der Waals surface area contributed by atoms with Gasteiger partial charge in [0.15, 0.2) is 10.8 Å². The zero-order valence-electron chi connectivity index (χ0n) is 29.1. The van der Waals surface area contributed by atoms with Gasteiger partial charge in [0, 0.05) is 23.6 Å². The highest BCUT2D eigenvalue weighted by atomic mass is 32.2. The number of aromatic nitrogens is 1. The monoisotopic (exact) mass is 769 g/mol. The number of fused-ring (bicyclic) bond motifs is 1. The molecule has 2 aliphatic heterocycles. The Bertz CT molecular complexity index is 1990. The molecule has 278 valence electrons. The summed E-state index contributed by atoms with van der Waals surface area (Å²) in [4.78, 5) is 74.0. The van der Waals surface area contributed by atoms with Gasteiger partial charge in [-0.3, -0.25) is 19.3 Å². The van der Waals surface area contributed by atoms with Crippen molar-refractivity contribution in [1.29, 1.82) is 0 Å². The molecule has 3 aromatic carbocycles. The number of rotatable bonds is 15. The average molecular weight is 770 g/mol. The molecule has 0 spiro atoms. The molecular formula is C38H35N5O9S2. The fourth-order valence-corrected chi connectivity index (χ4v) is 8.21. The Kier molecular flexibility index (Phi) is 11.7. The summed E-state index contributed by atoms with van der Waals surface area (Å²) in [5.41, 5.74) is 1.56. The molecule has 6 rings (SSSR count). The minimum atomic E-state index is -1.37. The van der Waals surface area contributed by atoms with Gasteiger partial charge in [-0.1, -0.05) is 96.2 Å². The minimum absolute atomic E-state index is 0.0849. The highest BCUT2D eigenvalue weighted by molar-refractivity contribution is 8.00. The van der Waals surface area contributed by atoms with E-state index in [0.29, 0.717) is 5.13 Å². The number of β-lactam (4-membered cyclic amide) rings is 1. The maximum Gasteiger partial charge on any atom is 0.352 e. The van der Waals surface area contributed by atoms with E-state index in [4.69, 9.17) is 19.3 Å². The van der Waals surface area contributed by atoms with Crippen LogP contribution in [0.15, 0.2) is 113 Å². The van der Waals surface area contributed by atoms with Crippen LogP contribution in [-0.2, 0) is 43.8 Å². The maximum atomic E-state index is 13.9. The molecule has 0 radical (unpaired) electrons. The van der Waals surface area contributed by atoms with Crippen molar-refractivity contribution in [2.75, 3.05) is 30.9 Å². The first-order chi connectivity index (χ1) is 26.1. The standard InChI is InChI=1S/C38H35N5O9S2/c1-3-50-29(45)20-52-42-30(33(46)40-31-34(47)43-32(36(48)49)24(19-51-23(2)44)21-53-35(31)43)28-22-54-37(39-28)41-38(25-13-7-4-8-14-25,26-15-9-5-10-16-26)27-17-11-6-12-18-27/h4-18,22,31,35H,3,19-21H2,1-2H3,(H,39,41)(H,40,46)(H,48,49)/t31?,35-/m1/s1. The van der Waals surface area contributed by atoms with Crippen molar-refractivity contribution < 1.29 is 43.4 Å². The number of benzene rings is 3. The van der Waals surface area contributed by atoms with Crippen LogP contribution in [0.25, 0.3) is 0 Å². The van der Waals surface area contributed by atoms with Gasteiger partial charge in [-0.15, -0.1) is 23.1 Å². The first-order valence-electron chi connectivity index (χ1n) is 16.7. The van der Waals surface area contributed by atoms with E-state index in [9.17, 15) is 29.1 Å². The van der Waals surface area contributed by atoms with Gasteiger partial charge < -0.3 is 30.1 Å². The molecule has 54 heavy (non-hydrogen) atoms. The van der Waals surface area contributed by atoms with Crippen molar-refractivity contribution in [2.45, 2.75) is 30.8 Å². The molecule has 1 aromatic heterocycles. The third-order valence-electron chi connectivity index (χ3n) is 8.51. The lowest BCUT2D eigenvalue weighted by Gasteiger charge is -2.49. The number of carboxylic acid groups (broad SMARTS) is 1. The molecule has 2 amide bonds. The first-order valence-corrected chi connectivity index (χ1v) is 18.7. The summed E-state index contributed by atoms with van der Waals surface area (Å²) in [5.74, 6) is -4.05. The van der Waals surface area contributed by atoms with Crippen LogP contribution in [0.2, 0.25) is 0 Å². The zero-order valence-corrected chi connectivity index (χ0v) is 30.7. The zero-order chi connectivity index (χ0) is 38.2. The summed E-state index contributed by atoms with van der Waals surface area (Å²) in [7, 11) is 0. The molecule has 3 N–H and O–H groups in total. The lowest BCUT2D eigenvalue weighted by atomic mass is 9.77. The number of anilines is 1. The molecule has 1 saturated heterocycles. The van der Waals surface area contributed by atoms with E-state index < -0.39 is 53.3 Å². The largest absolute Gasteiger partial charge is 0.477 e. The van der Waals surface area contributed by atoms with Crippen molar-refractivity contribution in [1.82, 2.24) is 15.2 Å². The summed E-state index contributed by atoms with van der Waals surface area (Å²) < 4.78 is 9.92. The van der Waals surface area contributed by atoms with Crippen LogP contribution in [0.4, 0.5) is 5.13 Å². The van der Waals surface area contributed by atoms with Gasteiger partial charge in [-0.2, -0.15) is 0 Å². The number of aliphatic carboxylic acids is 1. The summed E-state index contributed by atoms with van der Waals surface area (Å²) in [6.07, 6.45) is 0. The maximum absolute atomic E-state index is 13.9. The number of amides is 2. The molecule has 2 aliphatic rings. The van der Waals surface area contributed by atoms with Gasteiger partial charge in [0.1, 0.15) is 35.0 Å². The third-order valence-corrected chi connectivity index (χ3v) is 10.6. The Morgan fingerprint density at radius 1 is 0.944 bits per heavy atom. The van der Waals surface area contributed by atoms with Gasteiger partial charge in [-0.05, 0) is 23.6 Å². The molecule has 1 fully saturated rings. The van der Waals surface area contributed by atoms with Crippen molar-refractivity contribution in [3.8, 4) is 0 Å². The fraction of sp³-hybridized carbons (Fsp3) is 0.237. The van der Waals surface area contributed by atoms with Crippen LogP contribution in [0.1, 0.15) is 36.2 Å². The van der Waals surface area contributed by atoms with E-state index in [1.54, 1.807) is 12.3 Å². The second kappa shape index (κ2) is 16.8. The summed E-state index contributed by atoms with van der Waals surface area (Å²) >= 11 is 2.41. The lowest BCUT2D eigenvalue weighted by Crippen LogP contribution is -2.71. The van der Waals surface area contributed by atoms with E-state index in [1.165, 1.54) is 30.0 Å². The van der Waals surface area contributed by atoms with Crippen LogP contribution in [0, 0.1) is 0 Å². The number of hydrogen-bond acceptors (Lipinski definition) is 13. The SMILES string of the molecule is CCOC(=O)CON=C(C(=O)NC1C(=O)N2C(C(=O)O)=C(COC(C)=O)CS[C@H]12)c1csc(NC(c2ccccc2)(c2ccccc2)c2ccccc2)n1. The predicted octanol–water partition coefficient (Wildman–Crippen LogP) is 4.13. The number of nitrogens with one attached hydrogen (secondary N) is 2. The Morgan fingerprint density at radius 2 is 1.54 bits per heavy atom. The van der Waals surface area contributed by atoms with Crippen molar-refractivity contribution in [3.63, 3.8) is 0 Å². The van der Waals surface area contributed by atoms with Crippen LogP contribution in [0.5, 0.6) is 0 Å². The number of oxime groups is 1.